The average molecular weight is 485 g/mol. The van der Waals surface area contributed by atoms with E-state index in [0.29, 0.717) is 41.8 Å². The molecule has 1 saturated heterocycles. The molecule has 1 saturated carbocycles. The normalized spacial score (nSPS) is 20.4. The summed E-state index contributed by atoms with van der Waals surface area (Å²) < 4.78 is 14.5. The van der Waals surface area contributed by atoms with Crippen LogP contribution < -0.4 is 5.56 Å². The fourth-order valence-corrected chi connectivity index (χ4v) is 5.04. The van der Waals surface area contributed by atoms with Gasteiger partial charge in [-0.3, -0.25) is 14.1 Å². The van der Waals surface area contributed by atoms with E-state index in [9.17, 15) is 9.90 Å². The number of ether oxygens (including phenoxy) is 1. The van der Waals surface area contributed by atoms with Crippen LogP contribution >= 0.6 is 11.6 Å². The zero-order valence-electron chi connectivity index (χ0n) is 18.8. The van der Waals surface area contributed by atoms with Crippen molar-refractivity contribution in [2.24, 2.45) is 0 Å². The van der Waals surface area contributed by atoms with Gasteiger partial charge in [0.25, 0.3) is 11.4 Å². The highest BCUT2D eigenvalue weighted by Gasteiger charge is 2.50. The first-order valence-electron chi connectivity index (χ1n) is 11.5. The van der Waals surface area contributed by atoms with Crippen molar-refractivity contribution in [2.45, 2.75) is 43.9 Å². The lowest BCUT2D eigenvalue weighted by Gasteiger charge is -2.30. The lowest BCUT2D eigenvalue weighted by molar-refractivity contribution is 0.0492. The molecule has 3 aromatic heterocycles. The van der Waals surface area contributed by atoms with Crippen molar-refractivity contribution >= 4 is 28.2 Å². The molecule has 1 unspecified atom stereocenters. The number of rotatable bonds is 6. The topological polar surface area (TPSA) is 111 Å². The van der Waals surface area contributed by atoms with Gasteiger partial charge in [0.2, 0.25) is 5.82 Å². The number of hydrogen-bond donors (Lipinski definition) is 1. The average Bonchev–Trinajstić information content (AvgIpc) is 3.25. The van der Waals surface area contributed by atoms with Gasteiger partial charge >= 0.3 is 0 Å². The summed E-state index contributed by atoms with van der Waals surface area (Å²) in [6, 6.07) is 5.47. The minimum atomic E-state index is -0.524. The van der Waals surface area contributed by atoms with E-state index < -0.39 is 5.60 Å². The molecule has 4 aromatic rings. The second-order valence-corrected chi connectivity index (χ2v) is 9.56. The Morgan fingerprint density at radius 1 is 1.29 bits per heavy atom. The number of hydrogen-bond acceptors (Lipinski definition) is 8. The Balaban J connectivity index is 1.46. The fraction of sp³-hybridized carbons (Fsp3) is 0.478. The molecule has 0 amide bonds. The number of β-amino-alcohol motifs (C(OH)–C–C–N with tert-alkyl or cyclic N) is 1. The predicted molar refractivity (Wildman–Crippen MR) is 125 cm³/mol. The van der Waals surface area contributed by atoms with E-state index in [0.717, 1.165) is 43.3 Å². The Morgan fingerprint density at radius 3 is 2.91 bits per heavy atom. The summed E-state index contributed by atoms with van der Waals surface area (Å²) in [5.41, 5.74) is 1.53. The van der Waals surface area contributed by atoms with E-state index in [1.165, 1.54) is 0 Å². The number of nitrogens with zero attached hydrogens (tertiary/aromatic N) is 6. The van der Waals surface area contributed by atoms with Gasteiger partial charge < -0.3 is 18.9 Å². The quantitative estimate of drug-likeness (QED) is 0.444. The Labute approximate surface area is 199 Å². The Bertz CT molecular complexity index is 1440. The van der Waals surface area contributed by atoms with Crippen molar-refractivity contribution in [3.05, 3.63) is 45.8 Å². The van der Waals surface area contributed by atoms with Crippen LogP contribution in [0.2, 0.25) is 5.02 Å². The van der Waals surface area contributed by atoms with Gasteiger partial charge in [-0.05, 0) is 50.4 Å². The smallest absolute Gasteiger partial charge is 0.277 e. The van der Waals surface area contributed by atoms with Crippen molar-refractivity contribution in [2.75, 3.05) is 26.7 Å². The summed E-state index contributed by atoms with van der Waals surface area (Å²) in [7, 11) is 1.63. The molecule has 1 atom stereocenters. The van der Waals surface area contributed by atoms with Gasteiger partial charge in [-0.1, -0.05) is 16.8 Å². The predicted octanol–water partition coefficient (Wildman–Crippen LogP) is 2.44. The van der Waals surface area contributed by atoms with Crippen LogP contribution in [-0.2, 0) is 16.9 Å². The summed E-state index contributed by atoms with van der Waals surface area (Å²) in [6.45, 7) is 2.60. The van der Waals surface area contributed by atoms with Crippen molar-refractivity contribution in [1.82, 2.24) is 29.0 Å². The molecular weight excluding hydrogens is 460 g/mol. The molecule has 178 valence electrons. The zero-order valence-corrected chi connectivity index (χ0v) is 19.5. The van der Waals surface area contributed by atoms with Crippen LogP contribution in [0.15, 0.2) is 33.8 Å². The highest BCUT2D eigenvalue weighted by molar-refractivity contribution is 6.31. The van der Waals surface area contributed by atoms with Gasteiger partial charge in [0, 0.05) is 31.8 Å². The Morgan fingerprint density at radius 2 is 2.15 bits per heavy atom. The monoisotopic (exact) mass is 484 g/mol. The number of halogens is 1. The third kappa shape index (κ3) is 3.52. The van der Waals surface area contributed by atoms with Gasteiger partial charge in [-0.15, -0.1) is 0 Å². The van der Waals surface area contributed by atoms with Gasteiger partial charge in [-0.25, -0.2) is 4.98 Å². The maximum Gasteiger partial charge on any atom is 0.277 e. The highest BCUT2D eigenvalue weighted by Crippen LogP contribution is 2.48. The summed E-state index contributed by atoms with van der Waals surface area (Å²) >= 11 is 6.30. The maximum atomic E-state index is 13.8. The molecule has 2 fully saturated rings. The molecule has 1 N–H and O–H groups in total. The molecule has 1 aliphatic heterocycles. The minimum absolute atomic E-state index is 0.209. The molecule has 1 aliphatic carbocycles. The number of imidazole rings is 1. The summed E-state index contributed by atoms with van der Waals surface area (Å²) in [5.74, 6) is 0.666. The van der Waals surface area contributed by atoms with Crippen molar-refractivity contribution in [1.29, 1.82) is 0 Å². The molecule has 34 heavy (non-hydrogen) atoms. The van der Waals surface area contributed by atoms with Crippen molar-refractivity contribution < 1.29 is 14.4 Å². The summed E-state index contributed by atoms with van der Waals surface area (Å²) in [4.78, 5) is 25.0. The van der Waals surface area contributed by atoms with Crippen LogP contribution in [0.25, 0.3) is 28.1 Å². The highest BCUT2D eigenvalue weighted by atomic mass is 35.5. The number of aliphatic hydroxyl groups is 1. The van der Waals surface area contributed by atoms with Crippen LogP contribution in [0.5, 0.6) is 0 Å². The molecule has 0 bridgehead atoms. The van der Waals surface area contributed by atoms with Crippen LogP contribution in [-0.4, -0.2) is 66.9 Å². The third-order valence-electron chi connectivity index (χ3n) is 6.95. The SMILES string of the molecule is COC1(c2nc(-c3ncn4c3c(=O)n(CCN3CCCC(O)C3)c3cc(Cl)ccc34)no2)CC1. The van der Waals surface area contributed by atoms with Crippen LogP contribution in [0, 0.1) is 0 Å². The Kier molecular flexibility index (Phi) is 5.21. The molecule has 11 heteroatoms. The molecule has 1 aromatic carbocycles. The minimum Gasteiger partial charge on any atom is -0.392 e. The van der Waals surface area contributed by atoms with Crippen LogP contribution in [0.1, 0.15) is 31.6 Å². The van der Waals surface area contributed by atoms with Crippen LogP contribution in [0.4, 0.5) is 0 Å². The molecule has 4 heterocycles. The maximum absolute atomic E-state index is 13.8. The second-order valence-electron chi connectivity index (χ2n) is 9.12. The van der Waals surface area contributed by atoms with Gasteiger partial charge in [0.1, 0.15) is 23.1 Å². The number of likely N-dealkylation sites (tertiary alicyclic amines) is 1. The number of piperidine rings is 1. The Hall–Kier alpha value is -2.79. The van der Waals surface area contributed by atoms with E-state index in [-0.39, 0.29) is 17.5 Å². The summed E-state index contributed by atoms with van der Waals surface area (Å²) in [5, 5.41) is 14.7. The fourth-order valence-electron chi connectivity index (χ4n) is 4.87. The molecule has 10 nitrogen and oxygen atoms in total. The number of benzene rings is 1. The molecule has 0 radical (unpaired) electrons. The van der Waals surface area contributed by atoms with Gasteiger partial charge in [0.05, 0.1) is 17.1 Å². The van der Waals surface area contributed by atoms with Gasteiger partial charge in [0.15, 0.2) is 0 Å². The number of methoxy groups -OCH3 is 1. The lowest BCUT2D eigenvalue weighted by Crippen LogP contribution is -2.40. The number of aliphatic hydroxyl groups excluding tert-OH is 1. The largest absolute Gasteiger partial charge is 0.392 e. The molecule has 6 rings (SSSR count). The van der Waals surface area contributed by atoms with E-state index in [1.54, 1.807) is 34.5 Å². The standard InChI is InChI=1S/C23H25ClN6O4/c1-33-23(6-7-23)22-26-20(27-34-22)18-19-21(32)29(10-9-28-8-2-3-15(31)12-28)17-11-14(24)4-5-16(17)30(19)13-25-18/h4-5,11,13,15,31H,2-3,6-10,12H2,1H3. The van der Waals surface area contributed by atoms with Crippen molar-refractivity contribution in [3.8, 4) is 11.5 Å². The van der Waals surface area contributed by atoms with E-state index in [2.05, 4.69) is 20.0 Å². The number of aromatic nitrogens is 5. The van der Waals surface area contributed by atoms with Gasteiger partial charge in [-0.2, -0.15) is 4.98 Å². The lowest BCUT2D eigenvalue weighted by atomic mass is 10.1. The van der Waals surface area contributed by atoms with Crippen LogP contribution in [0.3, 0.4) is 0 Å². The van der Waals surface area contributed by atoms with E-state index in [4.69, 9.17) is 20.9 Å². The molecule has 2 aliphatic rings. The second kappa shape index (κ2) is 8.16. The zero-order chi connectivity index (χ0) is 23.4. The first-order chi connectivity index (χ1) is 16.5. The van der Waals surface area contributed by atoms with Crippen molar-refractivity contribution in [3.63, 3.8) is 0 Å². The molecular formula is C23H25ClN6O4. The van der Waals surface area contributed by atoms with E-state index in [1.807, 2.05) is 6.07 Å². The first-order valence-corrected chi connectivity index (χ1v) is 11.9. The number of fused-ring (bicyclic) bond motifs is 3. The molecule has 0 spiro atoms. The summed E-state index contributed by atoms with van der Waals surface area (Å²) in [6.07, 6.45) is 4.67. The first kappa shape index (κ1) is 21.7. The van der Waals surface area contributed by atoms with E-state index >= 15 is 0 Å². The third-order valence-corrected chi connectivity index (χ3v) is 7.18.